The van der Waals surface area contributed by atoms with Crippen LogP contribution in [0.3, 0.4) is 0 Å². The molecule has 0 bridgehead atoms. The summed E-state index contributed by atoms with van der Waals surface area (Å²) in [7, 11) is 3.40. The van der Waals surface area contributed by atoms with Gasteiger partial charge in [0.15, 0.2) is 5.96 Å². The molecule has 170 valence electrons. The van der Waals surface area contributed by atoms with E-state index in [1.807, 2.05) is 24.3 Å². The van der Waals surface area contributed by atoms with Gasteiger partial charge < -0.3 is 20.7 Å². The molecule has 3 N–H and O–H groups in total. The van der Waals surface area contributed by atoms with Crippen LogP contribution in [0.25, 0.3) is 0 Å². The molecular weight excluding hydrogens is 503 g/mol. The van der Waals surface area contributed by atoms with E-state index in [0.717, 1.165) is 35.7 Å². The first-order valence-corrected chi connectivity index (χ1v) is 10.5. The van der Waals surface area contributed by atoms with Crippen molar-refractivity contribution in [3.63, 3.8) is 0 Å². The molecule has 0 fully saturated rings. The number of benzene rings is 2. The molecule has 1 atom stereocenters. The SMILES string of the molecule is CCC(C)Oc1cc(C)ccc1CNC(=NC)NCCc1cccc(C(=O)NC)c1.I. The Kier molecular flexibility index (Phi) is 12.0. The zero-order valence-corrected chi connectivity index (χ0v) is 21.4. The quantitative estimate of drug-likeness (QED) is 0.256. The summed E-state index contributed by atoms with van der Waals surface area (Å²) in [4.78, 5) is 16.1. The number of nitrogens with zero attached hydrogens (tertiary/aromatic N) is 1. The van der Waals surface area contributed by atoms with E-state index in [4.69, 9.17) is 4.74 Å². The van der Waals surface area contributed by atoms with E-state index in [0.29, 0.717) is 18.7 Å². The number of guanidine groups is 1. The molecule has 2 aromatic carbocycles. The second kappa shape index (κ2) is 13.9. The number of ether oxygens (including phenoxy) is 1. The molecule has 0 heterocycles. The van der Waals surface area contributed by atoms with Crippen LogP contribution in [0.15, 0.2) is 47.5 Å². The van der Waals surface area contributed by atoms with Crippen molar-refractivity contribution >= 4 is 35.8 Å². The molecule has 1 unspecified atom stereocenters. The molecule has 1 amide bonds. The lowest BCUT2D eigenvalue weighted by Gasteiger charge is -2.18. The topological polar surface area (TPSA) is 74.8 Å². The van der Waals surface area contributed by atoms with Gasteiger partial charge in [-0.25, -0.2) is 0 Å². The summed E-state index contributed by atoms with van der Waals surface area (Å²) in [5.74, 6) is 1.57. The number of hydrogen-bond donors (Lipinski definition) is 3. The second-order valence-corrected chi connectivity index (χ2v) is 7.33. The third-order valence-electron chi connectivity index (χ3n) is 4.92. The van der Waals surface area contributed by atoms with E-state index in [1.165, 1.54) is 5.56 Å². The summed E-state index contributed by atoms with van der Waals surface area (Å²) in [6, 6.07) is 13.9. The summed E-state index contributed by atoms with van der Waals surface area (Å²) in [6.45, 7) is 7.60. The number of carbonyl (C=O) groups excluding carboxylic acids is 1. The standard InChI is InChI=1S/C24H34N4O2.HI/c1-6-18(3)30-22-14-17(2)10-11-21(22)16-28-24(26-5)27-13-12-19-8-7-9-20(15-19)23(29)25-4;/h7-11,14-15,18H,6,12-13,16H2,1-5H3,(H,25,29)(H2,26,27,28);1H. The number of aliphatic imine (C=N–C) groups is 1. The van der Waals surface area contributed by atoms with Crippen LogP contribution in [0.1, 0.15) is 47.3 Å². The van der Waals surface area contributed by atoms with Gasteiger partial charge in [-0.05, 0) is 56.0 Å². The number of carbonyl (C=O) groups is 1. The third-order valence-corrected chi connectivity index (χ3v) is 4.92. The molecule has 0 aromatic heterocycles. The van der Waals surface area contributed by atoms with Crippen molar-refractivity contribution in [2.45, 2.75) is 46.3 Å². The van der Waals surface area contributed by atoms with Gasteiger partial charge in [-0.3, -0.25) is 9.79 Å². The summed E-state index contributed by atoms with van der Waals surface area (Å²) >= 11 is 0. The number of rotatable bonds is 9. The van der Waals surface area contributed by atoms with E-state index >= 15 is 0 Å². The Morgan fingerprint density at radius 2 is 1.94 bits per heavy atom. The van der Waals surface area contributed by atoms with Crippen molar-refractivity contribution in [1.82, 2.24) is 16.0 Å². The summed E-state index contributed by atoms with van der Waals surface area (Å²) < 4.78 is 6.09. The fourth-order valence-electron chi connectivity index (χ4n) is 2.95. The van der Waals surface area contributed by atoms with Crippen molar-refractivity contribution in [3.8, 4) is 5.75 Å². The smallest absolute Gasteiger partial charge is 0.251 e. The average molecular weight is 538 g/mol. The van der Waals surface area contributed by atoms with E-state index in [1.54, 1.807) is 14.1 Å². The summed E-state index contributed by atoms with van der Waals surface area (Å²) in [5, 5.41) is 9.34. The number of nitrogens with one attached hydrogen (secondary N) is 3. The van der Waals surface area contributed by atoms with Crippen LogP contribution in [-0.2, 0) is 13.0 Å². The number of aryl methyl sites for hydroxylation is 1. The zero-order valence-electron chi connectivity index (χ0n) is 19.1. The van der Waals surface area contributed by atoms with E-state index in [9.17, 15) is 4.79 Å². The molecule has 0 radical (unpaired) electrons. The van der Waals surface area contributed by atoms with Crippen LogP contribution in [0.2, 0.25) is 0 Å². The van der Waals surface area contributed by atoms with Gasteiger partial charge in [-0.1, -0.05) is 31.2 Å². The highest BCUT2D eigenvalue weighted by Gasteiger charge is 2.09. The van der Waals surface area contributed by atoms with Crippen molar-refractivity contribution in [2.24, 2.45) is 4.99 Å². The molecular formula is C24H35IN4O2. The first-order valence-electron chi connectivity index (χ1n) is 10.5. The Bertz CT molecular complexity index is 870. The highest BCUT2D eigenvalue weighted by molar-refractivity contribution is 14.0. The fourth-order valence-corrected chi connectivity index (χ4v) is 2.95. The van der Waals surface area contributed by atoms with Gasteiger partial charge in [0.05, 0.1) is 6.10 Å². The predicted octanol–water partition coefficient (Wildman–Crippen LogP) is 4.06. The molecule has 0 saturated carbocycles. The van der Waals surface area contributed by atoms with Crippen LogP contribution >= 0.6 is 24.0 Å². The van der Waals surface area contributed by atoms with Gasteiger partial charge in [0, 0.05) is 38.3 Å². The average Bonchev–Trinajstić information content (AvgIpc) is 2.76. The Morgan fingerprint density at radius 1 is 1.16 bits per heavy atom. The molecule has 31 heavy (non-hydrogen) atoms. The molecule has 0 aliphatic carbocycles. The van der Waals surface area contributed by atoms with Crippen molar-refractivity contribution in [2.75, 3.05) is 20.6 Å². The van der Waals surface area contributed by atoms with Gasteiger partial charge in [-0.2, -0.15) is 0 Å². The highest BCUT2D eigenvalue weighted by atomic mass is 127. The number of amides is 1. The van der Waals surface area contributed by atoms with Gasteiger partial charge >= 0.3 is 0 Å². The minimum Gasteiger partial charge on any atom is -0.490 e. The van der Waals surface area contributed by atoms with Crippen molar-refractivity contribution in [1.29, 1.82) is 0 Å². The van der Waals surface area contributed by atoms with Gasteiger partial charge in [0.25, 0.3) is 5.91 Å². The van der Waals surface area contributed by atoms with Crippen molar-refractivity contribution in [3.05, 3.63) is 64.7 Å². The molecule has 6 nitrogen and oxygen atoms in total. The Morgan fingerprint density at radius 3 is 2.61 bits per heavy atom. The number of halogens is 1. The molecule has 0 spiro atoms. The van der Waals surface area contributed by atoms with Gasteiger partial charge in [0.2, 0.25) is 0 Å². The Labute approximate surface area is 203 Å². The summed E-state index contributed by atoms with van der Waals surface area (Å²) in [5.41, 5.74) is 4.05. The first-order chi connectivity index (χ1) is 14.5. The largest absolute Gasteiger partial charge is 0.490 e. The maximum absolute atomic E-state index is 11.8. The molecule has 7 heteroatoms. The van der Waals surface area contributed by atoms with Gasteiger partial charge in [0.1, 0.15) is 5.75 Å². The normalized spacial score (nSPS) is 11.8. The minimum absolute atomic E-state index is 0. The second-order valence-electron chi connectivity index (χ2n) is 7.33. The first kappa shape index (κ1) is 26.7. The molecule has 2 aromatic rings. The van der Waals surface area contributed by atoms with Gasteiger partial charge in [-0.15, -0.1) is 24.0 Å². The summed E-state index contributed by atoms with van der Waals surface area (Å²) in [6.07, 6.45) is 1.93. The molecule has 0 saturated heterocycles. The zero-order chi connectivity index (χ0) is 21.9. The molecule has 0 aliphatic heterocycles. The lowest BCUT2D eigenvalue weighted by Crippen LogP contribution is -2.38. The monoisotopic (exact) mass is 538 g/mol. The highest BCUT2D eigenvalue weighted by Crippen LogP contribution is 2.22. The molecule has 2 rings (SSSR count). The lowest BCUT2D eigenvalue weighted by molar-refractivity contribution is 0.0963. The minimum atomic E-state index is -0.0733. The maximum atomic E-state index is 11.8. The van der Waals surface area contributed by atoms with Crippen LogP contribution in [-0.4, -0.2) is 38.6 Å². The third kappa shape index (κ3) is 8.77. The van der Waals surface area contributed by atoms with Crippen LogP contribution in [0.5, 0.6) is 5.75 Å². The van der Waals surface area contributed by atoms with Crippen molar-refractivity contribution < 1.29 is 9.53 Å². The predicted molar refractivity (Wildman–Crippen MR) is 139 cm³/mol. The van der Waals surface area contributed by atoms with E-state index in [-0.39, 0.29) is 36.0 Å². The fraction of sp³-hybridized carbons (Fsp3) is 0.417. The maximum Gasteiger partial charge on any atom is 0.251 e. The Balaban J connectivity index is 0.00000480. The van der Waals surface area contributed by atoms with Crippen LogP contribution in [0, 0.1) is 6.92 Å². The van der Waals surface area contributed by atoms with Crippen LogP contribution < -0.4 is 20.7 Å². The Hall–Kier alpha value is -2.29. The van der Waals surface area contributed by atoms with Crippen LogP contribution in [0.4, 0.5) is 0 Å². The van der Waals surface area contributed by atoms with E-state index < -0.39 is 0 Å². The van der Waals surface area contributed by atoms with E-state index in [2.05, 4.69) is 59.9 Å². The number of hydrogen-bond acceptors (Lipinski definition) is 3. The lowest BCUT2D eigenvalue weighted by atomic mass is 10.1. The molecule has 0 aliphatic rings.